The summed E-state index contributed by atoms with van der Waals surface area (Å²) in [6.07, 6.45) is 5.65. The molecule has 24 heavy (non-hydrogen) atoms. The van der Waals surface area contributed by atoms with Crippen LogP contribution in [0.3, 0.4) is 0 Å². The van der Waals surface area contributed by atoms with E-state index in [-0.39, 0.29) is 5.91 Å². The smallest absolute Gasteiger partial charge is 0.257 e. The molecule has 5 nitrogen and oxygen atoms in total. The molecule has 0 unspecified atom stereocenters. The first kappa shape index (κ1) is 16.5. The summed E-state index contributed by atoms with van der Waals surface area (Å²) in [6.45, 7) is 0. The lowest BCUT2D eigenvalue weighted by atomic mass is 10.2. The summed E-state index contributed by atoms with van der Waals surface area (Å²) in [7, 11) is 3.15. The summed E-state index contributed by atoms with van der Waals surface area (Å²) >= 11 is 7.35. The van der Waals surface area contributed by atoms with Crippen LogP contribution < -0.4 is 5.32 Å². The maximum atomic E-state index is 12.5. The van der Waals surface area contributed by atoms with Gasteiger partial charge in [0.25, 0.3) is 5.91 Å². The summed E-state index contributed by atoms with van der Waals surface area (Å²) in [5, 5.41) is 3.97. The van der Waals surface area contributed by atoms with Gasteiger partial charge in [-0.05, 0) is 36.4 Å². The maximum Gasteiger partial charge on any atom is 0.257 e. The van der Waals surface area contributed by atoms with Gasteiger partial charge in [-0.1, -0.05) is 22.9 Å². The second-order valence-electron chi connectivity index (χ2n) is 5.04. The Morgan fingerprint density at radius 1 is 1.25 bits per heavy atom. The molecule has 1 aliphatic carbocycles. The molecule has 0 radical (unpaired) electrons. The molecule has 0 saturated carbocycles. The van der Waals surface area contributed by atoms with E-state index in [1.54, 1.807) is 38.5 Å². The molecule has 1 amide bonds. The van der Waals surface area contributed by atoms with Crippen molar-refractivity contribution in [3.8, 4) is 0 Å². The summed E-state index contributed by atoms with van der Waals surface area (Å²) in [4.78, 5) is 16.9. The molecule has 1 aromatic carbocycles. The van der Waals surface area contributed by atoms with Crippen LogP contribution in [0.2, 0.25) is 5.02 Å². The molecule has 1 aromatic heterocycles. The summed E-state index contributed by atoms with van der Waals surface area (Å²) in [5.74, 6) is 1.11. The predicted molar refractivity (Wildman–Crippen MR) is 96.1 cm³/mol. The zero-order chi connectivity index (χ0) is 17.1. The van der Waals surface area contributed by atoms with Crippen molar-refractivity contribution in [2.75, 3.05) is 19.5 Å². The van der Waals surface area contributed by atoms with Crippen LogP contribution in [0.15, 0.2) is 53.5 Å². The van der Waals surface area contributed by atoms with Crippen LogP contribution >= 0.6 is 22.9 Å². The molecule has 1 heterocycles. The van der Waals surface area contributed by atoms with E-state index in [0.717, 1.165) is 16.0 Å². The van der Waals surface area contributed by atoms with Crippen LogP contribution in [0.1, 0.15) is 6.42 Å². The lowest BCUT2D eigenvalue weighted by Crippen LogP contribution is -2.13. The molecule has 0 atom stereocenters. The first-order chi connectivity index (χ1) is 11.6. The number of hydrogen-bond donors (Lipinski definition) is 1. The van der Waals surface area contributed by atoms with E-state index in [1.165, 1.54) is 11.3 Å². The Balaban J connectivity index is 1.84. The van der Waals surface area contributed by atoms with E-state index in [1.807, 2.05) is 12.1 Å². The highest BCUT2D eigenvalue weighted by Gasteiger charge is 2.15. The lowest BCUT2D eigenvalue weighted by Gasteiger charge is -2.07. The number of methoxy groups -OCH3 is 2. The van der Waals surface area contributed by atoms with Gasteiger partial charge in [0.05, 0.1) is 30.9 Å². The van der Waals surface area contributed by atoms with Crippen molar-refractivity contribution in [1.29, 1.82) is 0 Å². The molecule has 7 heteroatoms. The Hall–Kier alpha value is -2.31. The van der Waals surface area contributed by atoms with Gasteiger partial charge in [-0.25, -0.2) is 4.98 Å². The molecule has 1 aliphatic rings. The average molecular weight is 363 g/mol. The van der Waals surface area contributed by atoms with Crippen LogP contribution in [0.4, 0.5) is 5.13 Å². The van der Waals surface area contributed by atoms with Crippen molar-refractivity contribution >= 4 is 44.2 Å². The average Bonchev–Trinajstić information content (AvgIpc) is 2.83. The number of fused-ring (bicyclic) bond motifs is 1. The molecular weight excluding hydrogens is 348 g/mol. The van der Waals surface area contributed by atoms with Gasteiger partial charge in [0.2, 0.25) is 0 Å². The normalized spacial score (nSPS) is 14.4. The minimum absolute atomic E-state index is 0.261. The van der Waals surface area contributed by atoms with Crippen molar-refractivity contribution in [2.24, 2.45) is 0 Å². The first-order valence-electron chi connectivity index (χ1n) is 7.16. The van der Waals surface area contributed by atoms with E-state index >= 15 is 0 Å². The van der Waals surface area contributed by atoms with Gasteiger partial charge < -0.3 is 9.47 Å². The van der Waals surface area contributed by atoms with Gasteiger partial charge in [-0.2, -0.15) is 0 Å². The van der Waals surface area contributed by atoms with Crippen molar-refractivity contribution in [1.82, 2.24) is 4.98 Å². The Morgan fingerprint density at radius 2 is 2.04 bits per heavy atom. The highest BCUT2D eigenvalue weighted by Crippen LogP contribution is 2.29. The van der Waals surface area contributed by atoms with E-state index in [9.17, 15) is 4.79 Å². The number of aromatic nitrogens is 1. The zero-order valence-corrected chi connectivity index (χ0v) is 14.7. The van der Waals surface area contributed by atoms with Crippen LogP contribution in [0, 0.1) is 0 Å². The van der Waals surface area contributed by atoms with Crippen molar-refractivity contribution in [2.45, 2.75) is 6.42 Å². The molecule has 124 valence electrons. The molecule has 0 bridgehead atoms. The highest BCUT2D eigenvalue weighted by molar-refractivity contribution is 7.22. The largest absolute Gasteiger partial charge is 0.501 e. The number of nitrogens with zero attached hydrogens (tertiary/aromatic N) is 1. The molecule has 2 aromatic rings. The number of carbonyl (C=O) groups excluding carboxylic acids is 1. The number of thiazole rings is 1. The molecule has 0 fully saturated rings. The third-order valence-corrected chi connectivity index (χ3v) is 4.64. The summed E-state index contributed by atoms with van der Waals surface area (Å²) in [5.41, 5.74) is 1.26. The zero-order valence-electron chi connectivity index (χ0n) is 13.1. The fraction of sp³-hybridized carbons (Fsp3) is 0.176. The Labute approximate surface area is 148 Å². The molecule has 0 aliphatic heterocycles. The number of anilines is 1. The van der Waals surface area contributed by atoms with Crippen LogP contribution in [-0.2, 0) is 14.3 Å². The Morgan fingerprint density at radius 3 is 2.79 bits per heavy atom. The van der Waals surface area contributed by atoms with Crippen molar-refractivity contribution in [3.63, 3.8) is 0 Å². The van der Waals surface area contributed by atoms with Gasteiger partial charge >= 0.3 is 0 Å². The van der Waals surface area contributed by atoms with Crippen LogP contribution in [0.5, 0.6) is 0 Å². The maximum absolute atomic E-state index is 12.5. The number of allylic oxidation sites excluding steroid dienone is 2. The Bertz CT molecular complexity index is 883. The van der Waals surface area contributed by atoms with E-state index in [4.69, 9.17) is 21.1 Å². The fourth-order valence-corrected chi connectivity index (χ4v) is 3.36. The fourth-order valence-electron chi connectivity index (χ4n) is 2.22. The van der Waals surface area contributed by atoms with Gasteiger partial charge in [0.15, 0.2) is 5.13 Å². The van der Waals surface area contributed by atoms with Gasteiger partial charge in [-0.15, -0.1) is 0 Å². The van der Waals surface area contributed by atoms with Gasteiger partial charge in [0.1, 0.15) is 11.5 Å². The quantitative estimate of drug-likeness (QED) is 0.881. The molecule has 3 rings (SSSR count). The molecule has 0 saturated heterocycles. The SMILES string of the molecule is COC1=CC=C(C(=O)Nc2nc3ccc(Cl)cc3s2)C=C(OC)C1. The minimum atomic E-state index is -0.261. The van der Waals surface area contributed by atoms with Crippen LogP contribution in [0.25, 0.3) is 10.2 Å². The summed E-state index contributed by atoms with van der Waals surface area (Å²) in [6, 6.07) is 5.42. The van der Waals surface area contributed by atoms with Crippen LogP contribution in [-0.4, -0.2) is 25.1 Å². The number of halogens is 1. The topological polar surface area (TPSA) is 60.5 Å². The number of rotatable bonds is 4. The second-order valence-corrected chi connectivity index (χ2v) is 6.50. The molecular formula is C17H15ClN2O3S. The number of ether oxygens (including phenoxy) is 2. The number of amides is 1. The van der Waals surface area contributed by atoms with Crippen molar-refractivity contribution in [3.05, 3.63) is 58.5 Å². The van der Waals surface area contributed by atoms with E-state index in [2.05, 4.69) is 10.3 Å². The first-order valence-corrected chi connectivity index (χ1v) is 8.35. The predicted octanol–water partition coefficient (Wildman–Crippen LogP) is 4.28. The lowest BCUT2D eigenvalue weighted by molar-refractivity contribution is -0.112. The number of carbonyl (C=O) groups is 1. The van der Waals surface area contributed by atoms with E-state index < -0.39 is 0 Å². The van der Waals surface area contributed by atoms with Gasteiger partial charge in [-0.3, -0.25) is 10.1 Å². The third kappa shape index (κ3) is 3.60. The van der Waals surface area contributed by atoms with Crippen molar-refractivity contribution < 1.29 is 14.3 Å². The summed E-state index contributed by atoms with van der Waals surface area (Å²) < 4.78 is 11.4. The molecule has 1 N–H and O–H groups in total. The number of hydrogen-bond acceptors (Lipinski definition) is 5. The standard InChI is InChI=1S/C17H15ClN2O3S/c1-22-12-5-3-10(7-13(9-12)23-2)16(21)20-17-19-14-6-4-11(18)8-15(14)24-17/h3-8H,9H2,1-2H3,(H,19,20,21). The third-order valence-electron chi connectivity index (χ3n) is 3.47. The number of benzene rings is 1. The number of nitrogens with one attached hydrogen (secondary N) is 1. The monoisotopic (exact) mass is 362 g/mol. The van der Waals surface area contributed by atoms with E-state index in [0.29, 0.717) is 27.9 Å². The minimum Gasteiger partial charge on any atom is -0.501 e. The van der Waals surface area contributed by atoms with Gasteiger partial charge in [0, 0.05) is 10.6 Å². The second kappa shape index (κ2) is 7.07. The molecule has 0 spiro atoms. The highest BCUT2D eigenvalue weighted by atomic mass is 35.5. The Kier molecular flexibility index (Phi) is 4.87.